The molecule has 1 aliphatic rings. The highest BCUT2D eigenvalue weighted by molar-refractivity contribution is 7.89. The van der Waals surface area contributed by atoms with Gasteiger partial charge in [-0.3, -0.25) is 4.79 Å². The Bertz CT molecular complexity index is 622. The molecule has 2 rings (SSSR count). The first kappa shape index (κ1) is 18.7. The van der Waals surface area contributed by atoms with Crippen LogP contribution >= 0.6 is 0 Å². The highest BCUT2D eigenvalue weighted by atomic mass is 32.2. The van der Waals surface area contributed by atoms with Crippen molar-refractivity contribution in [2.75, 3.05) is 13.1 Å². The van der Waals surface area contributed by atoms with Gasteiger partial charge in [-0.05, 0) is 56.4 Å². The molecule has 0 spiro atoms. The first-order chi connectivity index (χ1) is 11.5. The fourth-order valence-electron chi connectivity index (χ4n) is 2.61. The van der Waals surface area contributed by atoms with Gasteiger partial charge in [-0.1, -0.05) is 13.3 Å². The summed E-state index contributed by atoms with van der Waals surface area (Å²) in [7, 11) is -3.70. The maximum absolute atomic E-state index is 12.2. The number of sulfonamides is 1. The van der Waals surface area contributed by atoms with Crippen molar-refractivity contribution >= 4 is 15.9 Å². The van der Waals surface area contributed by atoms with Crippen LogP contribution in [0.5, 0.6) is 5.75 Å². The van der Waals surface area contributed by atoms with E-state index in [1.54, 1.807) is 12.1 Å². The Morgan fingerprint density at radius 2 is 1.88 bits per heavy atom. The number of carbonyl (C=O) groups excluding carboxylic acids is 1. The van der Waals surface area contributed by atoms with Crippen LogP contribution in [0.4, 0.5) is 0 Å². The second kappa shape index (κ2) is 9.03. The third-order valence-electron chi connectivity index (χ3n) is 4.01. The van der Waals surface area contributed by atoms with Gasteiger partial charge in [-0.25, -0.2) is 13.1 Å². The molecule has 0 atom stereocenters. The van der Waals surface area contributed by atoms with Crippen molar-refractivity contribution < 1.29 is 17.9 Å². The number of amides is 1. The van der Waals surface area contributed by atoms with Gasteiger partial charge in [-0.15, -0.1) is 0 Å². The van der Waals surface area contributed by atoms with Gasteiger partial charge >= 0.3 is 0 Å². The average Bonchev–Trinajstić information content (AvgIpc) is 3.07. The highest BCUT2D eigenvalue weighted by Gasteiger charge is 2.18. The molecule has 6 nitrogen and oxygen atoms in total. The van der Waals surface area contributed by atoms with Gasteiger partial charge in [0.2, 0.25) is 15.9 Å². The monoisotopic (exact) mass is 354 g/mol. The second-order valence-corrected chi connectivity index (χ2v) is 7.79. The molecular formula is C17H26N2O4S. The van der Waals surface area contributed by atoms with Gasteiger partial charge < -0.3 is 10.1 Å². The van der Waals surface area contributed by atoms with Gasteiger partial charge in [0.05, 0.1) is 17.5 Å². The van der Waals surface area contributed by atoms with Crippen LogP contribution in [-0.4, -0.2) is 33.5 Å². The predicted octanol–water partition coefficient (Wildman–Crippen LogP) is 2.20. The molecule has 1 aliphatic carbocycles. The Morgan fingerprint density at radius 3 is 2.50 bits per heavy atom. The molecule has 0 saturated heterocycles. The molecule has 1 aromatic carbocycles. The lowest BCUT2D eigenvalue weighted by atomic mass is 10.3. The summed E-state index contributed by atoms with van der Waals surface area (Å²) in [4.78, 5) is 11.7. The van der Waals surface area contributed by atoms with Crippen molar-refractivity contribution in [3.63, 3.8) is 0 Å². The van der Waals surface area contributed by atoms with Crippen molar-refractivity contribution in [3.05, 3.63) is 24.3 Å². The third-order valence-corrected chi connectivity index (χ3v) is 5.43. The molecule has 0 aliphatic heterocycles. The number of rotatable bonds is 9. The summed E-state index contributed by atoms with van der Waals surface area (Å²) in [5.41, 5.74) is 0. The predicted molar refractivity (Wildman–Crippen MR) is 92.4 cm³/mol. The van der Waals surface area contributed by atoms with Crippen molar-refractivity contribution in [1.29, 1.82) is 0 Å². The lowest BCUT2D eigenvalue weighted by Gasteiger charge is -2.13. The first-order valence-electron chi connectivity index (χ1n) is 8.54. The van der Waals surface area contributed by atoms with Gasteiger partial charge in [0.25, 0.3) is 0 Å². The van der Waals surface area contributed by atoms with Crippen molar-refractivity contribution in [2.45, 2.75) is 56.4 Å². The van der Waals surface area contributed by atoms with Crippen molar-refractivity contribution in [2.24, 2.45) is 0 Å². The van der Waals surface area contributed by atoms with Crippen LogP contribution in [0.15, 0.2) is 29.2 Å². The average molecular weight is 354 g/mol. The van der Waals surface area contributed by atoms with Crippen molar-refractivity contribution in [1.82, 2.24) is 10.0 Å². The van der Waals surface area contributed by atoms with E-state index in [9.17, 15) is 13.2 Å². The maximum Gasteiger partial charge on any atom is 0.241 e. The molecule has 0 bridgehead atoms. The van der Waals surface area contributed by atoms with Gasteiger partial charge in [0.1, 0.15) is 5.75 Å². The smallest absolute Gasteiger partial charge is 0.241 e. The van der Waals surface area contributed by atoms with E-state index in [1.165, 1.54) is 25.0 Å². The van der Waals surface area contributed by atoms with E-state index in [0.717, 1.165) is 25.7 Å². The fraction of sp³-hybridized carbons (Fsp3) is 0.588. The zero-order valence-corrected chi connectivity index (χ0v) is 14.9. The Hall–Kier alpha value is -1.60. The van der Waals surface area contributed by atoms with E-state index >= 15 is 0 Å². The van der Waals surface area contributed by atoms with Crippen LogP contribution in [0.3, 0.4) is 0 Å². The lowest BCUT2D eigenvalue weighted by Crippen LogP contribution is -2.37. The zero-order chi connectivity index (χ0) is 17.4. The van der Waals surface area contributed by atoms with Crippen LogP contribution in [0.2, 0.25) is 0 Å². The van der Waals surface area contributed by atoms with Crippen molar-refractivity contribution in [3.8, 4) is 5.75 Å². The standard InChI is InChI=1S/C17H26N2O4S/c1-2-3-12-18-17(20)13-19-24(21,22)16-10-8-15(9-11-16)23-14-6-4-5-7-14/h8-11,14,19H,2-7,12-13H2,1H3,(H,18,20). The third kappa shape index (κ3) is 5.79. The minimum atomic E-state index is -3.70. The molecule has 2 N–H and O–H groups in total. The second-order valence-electron chi connectivity index (χ2n) is 6.02. The van der Waals surface area contributed by atoms with Crippen LogP contribution in [0, 0.1) is 0 Å². The number of nitrogens with one attached hydrogen (secondary N) is 2. The fourth-order valence-corrected chi connectivity index (χ4v) is 3.59. The minimum Gasteiger partial charge on any atom is -0.490 e. The van der Waals surface area contributed by atoms with E-state index in [2.05, 4.69) is 10.0 Å². The molecule has 0 heterocycles. The SMILES string of the molecule is CCCCNC(=O)CNS(=O)(=O)c1ccc(OC2CCCC2)cc1. The normalized spacial score (nSPS) is 15.4. The van der Waals surface area contributed by atoms with E-state index in [0.29, 0.717) is 12.3 Å². The highest BCUT2D eigenvalue weighted by Crippen LogP contribution is 2.24. The summed E-state index contributed by atoms with van der Waals surface area (Å²) in [6.45, 7) is 2.32. The molecule has 24 heavy (non-hydrogen) atoms. The molecule has 134 valence electrons. The summed E-state index contributed by atoms with van der Waals surface area (Å²) in [6.07, 6.45) is 6.55. The molecule has 1 saturated carbocycles. The largest absolute Gasteiger partial charge is 0.490 e. The summed E-state index contributed by atoms with van der Waals surface area (Å²) in [6, 6.07) is 6.33. The summed E-state index contributed by atoms with van der Waals surface area (Å²) in [5.74, 6) is 0.353. The van der Waals surface area contributed by atoms with Gasteiger partial charge in [0, 0.05) is 6.54 Å². The van der Waals surface area contributed by atoms with Gasteiger partial charge in [-0.2, -0.15) is 0 Å². The lowest BCUT2D eigenvalue weighted by molar-refractivity contribution is -0.119. The number of ether oxygens (including phenoxy) is 1. The van der Waals surface area contributed by atoms with E-state index in [1.807, 2.05) is 6.92 Å². The number of hydrogen-bond donors (Lipinski definition) is 2. The molecule has 1 aromatic rings. The molecule has 0 radical (unpaired) electrons. The van der Waals surface area contributed by atoms with Gasteiger partial charge in [0.15, 0.2) is 0 Å². The minimum absolute atomic E-state index is 0.127. The zero-order valence-electron chi connectivity index (χ0n) is 14.1. The van der Waals surface area contributed by atoms with E-state index in [4.69, 9.17) is 4.74 Å². The first-order valence-corrected chi connectivity index (χ1v) is 10.0. The van der Waals surface area contributed by atoms with E-state index < -0.39 is 10.0 Å². The van der Waals surface area contributed by atoms with Crippen LogP contribution in [-0.2, 0) is 14.8 Å². The Kier molecular flexibility index (Phi) is 7.05. The topological polar surface area (TPSA) is 84.5 Å². The number of benzene rings is 1. The number of unbranched alkanes of at least 4 members (excludes halogenated alkanes) is 1. The quantitative estimate of drug-likeness (QED) is 0.666. The Balaban J connectivity index is 1.85. The van der Waals surface area contributed by atoms with E-state index in [-0.39, 0.29) is 23.5 Å². The maximum atomic E-state index is 12.2. The molecule has 1 amide bonds. The summed E-state index contributed by atoms with van der Waals surface area (Å²) >= 11 is 0. The summed E-state index contributed by atoms with van der Waals surface area (Å²) in [5, 5.41) is 2.67. The van der Waals surface area contributed by atoms with Crippen LogP contribution in [0.25, 0.3) is 0 Å². The Labute approximate surface area is 144 Å². The molecule has 0 unspecified atom stereocenters. The van der Waals surface area contributed by atoms with Crippen LogP contribution < -0.4 is 14.8 Å². The summed E-state index contributed by atoms with van der Waals surface area (Å²) < 4.78 is 32.5. The molecular weight excluding hydrogens is 328 g/mol. The number of hydrogen-bond acceptors (Lipinski definition) is 4. The van der Waals surface area contributed by atoms with Crippen LogP contribution in [0.1, 0.15) is 45.4 Å². The number of carbonyl (C=O) groups is 1. The Morgan fingerprint density at radius 1 is 1.21 bits per heavy atom. The molecule has 7 heteroatoms. The molecule has 1 fully saturated rings. The molecule has 0 aromatic heterocycles.